The van der Waals surface area contributed by atoms with Crippen LogP contribution in [0.15, 0.2) is 34.9 Å². The molecule has 0 aliphatic heterocycles. The van der Waals surface area contributed by atoms with E-state index in [0.717, 1.165) is 28.1 Å². The molecule has 0 N–H and O–H groups in total. The van der Waals surface area contributed by atoms with E-state index in [1.54, 1.807) is 0 Å². The Bertz CT molecular complexity index is 568. The van der Waals surface area contributed by atoms with Crippen molar-refractivity contribution in [3.63, 3.8) is 0 Å². The molecule has 0 radical (unpaired) electrons. The highest BCUT2D eigenvalue weighted by Crippen LogP contribution is 2.25. The molecule has 1 aromatic carbocycles. The summed E-state index contributed by atoms with van der Waals surface area (Å²) in [5.41, 5.74) is 3.38. The molecule has 0 aliphatic rings. The molecule has 0 fully saturated rings. The van der Waals surface area contributed by atoms with Crippen LogP contribution in [0.2, 0.25) is 0 Å². The highest BCUT2D eigenvalue weighted by Gasteiger charge is 2.19. The van der Waals surface area contributed by atoms with Crippen LogP contribution in [0.3, 0.4) is 0 Å². The number of benzene rings is 1. The third-order valence-corrected chi connectivity index (χ3v) is 3.43. The summed E-state index contributed by atoms with van der Waals surface area (Å²) >= 11 is 3.48. The van der Waals surface area contributed by atoms with Crippen molar-refractivity contribution in [2.75, 3.05) is 0 Å². The van der Waals surface area contributed by atoms with Crippen molar-refractivity contribution >= 4 is 15.9 Å². The average molecular weight is 319 g/mol. The Balaban J connectivity index is 2.46. The molecule has 3 heteroatoms. The van der Waals surface area contributed by atoms with E-state index in [1.165, 1.54) is 5.56 Å². The zero-order chi connectivity index (χ0) is 14.0. The zero-order valence-corrected chi connectivity index (χ0v) is 13.5. The first kappa shape index (κ1) is 14.2. The minimum absolute atomic E-state index is 0.0537. The Kier molecular flexibility index (Phi) is 4.04. The molecule has 0 aliphatic carbocycles. The fourth-order valence-electron chi connectivity index (χ4n) is 1.81. The number of nitrogens with zero attached hydrogens (tertiary/aromatic N) is 2. The van der Waals surface area contributed by atoms with Gasteiger partial charge in [-0.1, -0.05) is 52.0 Å². The molecular formula is C16H19BrN2. The smallest absolute Gasteiger partial charge is 0.135 e. The number of halogens is 1. The van der Waals surface area contributed by atoms with E-state index in [4.69, 9.17) is 0 Å². The molecule has 2 aromatic rings. The third-order valence-electron chi connectivity index (χ3n) is 3.02. The van der Waals surface area contributed by atoms with Gasteiger partial charge in [0.25, 0.3) is 0 Å². The minimum atomic E-state index is -0.0537. The fourth-order valence-corrected chi connectivity index (χ4v) is 2.20. The largest absolute Gasteiger partial charge is 0.232 e. The van der Waals surface area contributed by atoms with Crippen LogP contribution in [0, 0.1) is 0 Å². The summed E-state index contributed by atoms with van der Waals surface area (Å²) in [4.78, 5) is 9.16. The highest BCUT2D eigenvalue weighted by atomic mass is 79.9. The second kappa shape index (κ2) is 5.41. The lowest BCUT2D eigenvalue weighted by molar-refractivity contribution is 0.544. The van der Waals surface area contributed by atoms with Gasteiger partial charge in [0, 0.05) is 11.0 Å². The number of aryl methyl sites for hydroxylation is 1. The van der Waals surface area contributed by atoms with E-state index < -0.39 is 0 Å². The molecule has 2 rings (SSSR count). The second-order valence-corrected chi connectivity index (χ2v) is 6.51. The van der Waals surface area contributed by atoms with Gasteiger partial charge in [0.15, 0.2) is 0 Å². The summed E-state index contributed by atoms with van der Waals surface area (Å²) in [7, 11) is 0. The topological polar surface area (TPSA) is 25.8 Å². The standard InChI is InChI=1S/C16H19BrN2/c1-5-11-6-8-12(9-7-11)13-10-14(17)19-15(18-13)16(2,3)4/h6-10H,5H2,1-4H3. The summed E-state index contributed by atoms with van der Waals surface area (Å²) in [5.74, 6) is 0.858. The van der Waals surface area contributed by atoms with E-state index in [9.17, 15) is 0 Å². The van der Waals surface area contributed by atoms with Gasteiger partial charge in [-0.05, 0) is 34.0 Å². The van der Waals surface area contributed by atoms with Crippen LogP contribution in [0.4, 0.5) is 0 Å². The van der Waals surface area contributed by atoms with Crippen molar-refractivity contribution in [1.29, 1.82) is 0 Å². The van der Waals surface area contributed by atoms with Crippen LogP contribution in [-0.4, -0.2) is 9.97 Å². The van der Waals surface area contributed by atoms with Gasteiger partial charge in [-0.3, -0.25) is 0 Å². The van der Waals surface area contributed by atoms with Gasteiger partial charge in [0.05, 0.1) is 5.69 Å². The normalized spacial score (nSPS) is 11.6. The minimum Gasteiger partial charge on any atom is -0.232 e. The van der Waals surface area contributed by atoms with Crippen LogP contribution in [0.25, 0.3) is 11.3 Å². The summed E-state index contributed by atoms with van der Waals surface area (Å²) in [6.07, 6.45) is 1.06. The molecule has 0 unspecified atom stereocenters. The Morgan fingerprint density at radius 2 is 1.68 bits per heavy atom. The van der Waals surface area contributed by atoms with Crippen molar-refractivity contribution in [2.45, 2.75) is 39.5 Å². The molecule has 0 spiro atoms. The van der Waals surface area contributed by atoms with Gasteiger partial charge in [-0.2, -0.15) is 0 Å². The molecule has 1 aromatic heterocycles. The van der Waals surface area contributed by atoms with E-state index in [2.05, 4.69) is 77.9 Å². The van der Waals surface area contributed by atoms with Crippen LogP contribution in [0.1, 0.15) is 39.1 Å². The van der Waals surface area contributed by atoms with E-state index in [0.29, 0.717) is 0 Å². The molecule has 0 saturated heterocycles. The average Bonchev–Trinajstić information content (AvgIpc) is 2.37. The molecule has 1 heterocycles. The maximum absolute atomic E-state index is 4.69. The van der Waals surface area contributed by atoms with E-state index >= 15 is 0 Å². The first-order valence-corrected chi connectivity index (χ1v) is 7.34. The van der Waals surface area contributed by atoms with Gasteiger partial charge < -0.3 is 0 Å². The maximum atomic E-state index is 4.69. The highest BCUT2D eigenvalue weighted by molar-refractivity contribution is 9.10. The maximum Gasteiger partial charge on any atom is 0.135 e. The van der Waals surface area contributed by atoms with Gasteiger partial charge in [0.2, 0.25) is 0 Å². The monoisotopic (exact) mass is 318 g/mol. The van der Waals surface area contributed by atoms with E-state index in [1.807, 2.05) is 6.07 Å². The quantitative estimate of drug-likeness (QED) is 0.746. The van der Waals surface area contributed by atoms with Crippen LogP contribution >= 0.6 is 15.9 Å². The van der Waals surface area contributed by atoms with Crippen molar-refractivity contribution in [2.24, 2.45) is 0 Å². The Hall–Kier alpha value is -1.22. The summed E-state index contributed by atoms with van der Waals surface area (Å²) in [6.45, 7) is 8.53. The Labute approximate surface area is 123 Å². The molecule has 0 amide bonds. The first-order valence-electron chi connectivity index (χ1n) is 6.54. The lowest BCUT2D eigenvalue weighted by Crippen LogP contribution is -2.16. The van der Waals surface area contributed by atoms with Gasteiger partial charge in [-0.15, -0.1) is 0 Å². The summed E-state index contributed by atoms with van der Waals surface area (Å²) in [5, 5.41) is 0. The predicted molar refractivity (Wildman–Crippen MR) is 83.2 cm³/mol. The molecule has 0 saturated carbocycles. The number of hydrogen-bond donors (Lipinski definition) is 0. The molecular weight excluding hydrogens is 300 g/mol. The third kappa shape index (κ3) is 3.41. The first-order chi connectivity index (χ1) is 8.90. The molecule has 2 nitrogen and oxygen atoms in total. The predicted octanol–water partition coefficient (Wildman–Crippen LogP) is 4.77. The molecule has 0 atom stereocenters. The van der Waals surface area contributed by atoms with Crippen LogP contribution in [0.5, 0.6) is 0 Å². The van der Waals surface area contributed by atoms with Crippen molar-refractivity contribution in [3.8, 4) is 11.3 Å². The van der Waals surface area contributed by atoms with Crippen molar-refractivity contribution in [3.05, 3.63) is 46.3 Å². The van der Waals surface area contributed by atoms with Crippen molar-refractivity contribution < 1.29 is 0 Å². The van der Waals surface area contributed by atoms with Crippen molar-refractivity contribution in [1.82, 2.24) is 9.97 Å². The van der Waals surface area contributed by atoms with E-state index in [-0.39, 0.29) is 5.41 Å². The molecule has 0 bridgehead atoms. The van der Waals surface area contributed by atoms with Crippen LogP contribution in [-0.2, 0) is 11.8 Å². The molecule has 100 valence electrons. The lowest BCUT2D eigenvalue weighted by atomic mass is 9.95. The zero-order valence-electron chi connectivity index (χ0n) is 11.9. The summed E-state index contributed by atoms with van der Waals surface area (Å²) < 4.78 is 0.835. The lowest BCUT2D eigenvalue weighted by Gasteiger charge is -2.17. The number of aromatic nitrogens is 2. The summed E-state index contributed by atoms with van der Waals surface area (Å²) in [6, 6.07) is 10.5. The second-order valence-electron chi connectivity index (χ2n) is 5.70. The van der Waals surface area contributed by atoms with Gasteiger partial charge in [-0.25, -0.2) is 9.97 Å². The Morgan fingerprint density at radius 1 is 1.05 bits per heavy atom. The van der Waals surface area contributed by atoms with Gasteiger partial charge in [0.1, 0.15) is 10.4 Å². The number of rotatable bonds is 2. The Morgan fingerprint density at radius 3 is 2.21 bits per heavy atom. The SMILES string of the molecule is CCc1ccc(-c2cc(Br)nc(C(C)(C)C)n2)cc1. The molecule has 19 heavy (non-hydrogen) atoms. The fraction of sp³-hybridized carbons (Fsp3) is 0.375. The number of hydrogen-bond acceptors (Lipinski definition) is 2. The van der Waals surface area contributed by atoms with Gasteiger partial charge >= 0.3 is 0 Å². The van der Waals surface area contributed by atoms with Crippen LogP contribution < -0.4 is 0 Å².